The van der Waals surface area contributed by atoms with Gasteiger partial charge in [-0.1, -0.05) is 121 Å². The minimum atomic E-state index is 0.655. The average Bonchev–Trinajstić information content (AvgIpc) is 3.58. The van der Waals surface area contributed by atoms with Gasteiger partial charge in [-0.15, -0.1) is 0 Å². The Morgan fingerprint density at radius 3 is 1.51 bits per heavy atom. The molecule has 3 heteroatoms. The molecule has 0 atom stereocenters. The molecule has 0 aliphatic rings. The zero-order valence-electron chi connectivity index (χ0n) is 29.7. The van der Waals surface area contributed by atoms with Crippen molar-refractivity contribution in [1.82, 2.24) is 9.55 Å². The Bertz CT molecular complexity index is 3230. The number of benzene rings is 9. The fourth-order valence-electron chi connectivity index (χ4n) is 8.50. The molecule has 0 aliphatic heterocycles. The molecule has 0 radical (unpaired) electrons. The maximum atomic E-state index is 9.67. The highest BCUT2D eigenvalue weighted by atomic mass is 15.0. The van der Waals surface area contributed by atoms with Gasteiger partial charge in [0.2, 0.25) is 0 Å². The predicted molar refractivity (Wildman–Crippen MR) is 229 cm³/mol. The average molecular weight is 698 g/mol. The van der Waals surface area contributed by atoms with E-state index in [1.165, 1.54) is 48.8 Å². The molecule has 0 saturated carbocycles. The van der Waals surface area contributed by atoms with E-state index in [4.69, 9.17) is 4.98 Å². The van der Waals surface area contributed by atoms with E-state index in [0.717, 1.165) is 55.7 Å². The van der Waals surface area contributed by atoms with Gasteiger partial charge in [-0.25, -0.2) is 4.98 Å². The monoisotopic (exact) mass is 697 g/mol. The molecule has 2 aromatic heterocycles. The Kier molecular flexibility index (Phi) is 6.92. The van der Waals surface area contributed by atoms with Gasteiger partial charge in [0.05, 0.1) is 34.1 Å². The van der Waals surface area contributed by atoms with Crippen molar-refractivity contribution in [1.29, 1.82) is 5.26 Å². The summed E-state index contributed by atoms with van der Waals surface area (Å²) in [4.78, 5) is 5.05. The van der Waals surface area contributed by atoms with E-state index >= 15 is 0 Å². The van der Waals surface area contributed by atoms with Crippen LogP contribution in [0.5, 0.6) is 0 Å². The van der Waals surface area contributed by atoms with Crippen LogP contribution >= 0.6 is 0 Å². The molecule has 0 unspecified atom stereocenters. The second-order valence-electron chi connectivity index (χ2n) is 14.3. The van der Waals surface area contributed by atoms with Crippen LogP contribution in [0.25, 0.3) is 105 Å². The minimum absolute atomic E-state index is 0.655. The van der Waals surface area contributed by atoms with Crippen molar-refractivity contribution in [2.24, 2.45) is 0 Å². The van der Waals surface area contributed by atoms with Crippen molar-refractivity contribution >= 4 is 54.1 Å². The minimum Gasteiger partial charge on any atom is -0.309 e. The van der Waals surface area contributed by atoms with E-state index in [2.05, 4.69) is 174 Å². The molecule has 11 rings (SSSR count). The predicted octanol–water partition coefficient (Wildman–Crippen LogP) is 13.6. The molecule has 0 fully saturated rings. The lowest BCUT2D eigenvalue weighted by molar-refractivity contribution is 1.18. The summed E-state index contributed by atoms with van der Waals surface area (Å²) in [5, 5.41) is 19.5. The summed E-state index contributed by atoms with van der Waals surface area (Å²) in [5.41, 5.74) is 12.8. The zero-order chi connectivity index (χ0) is 36.5. The summed E-state index contributed by atoms with van der Waals surface area (Å²) in [7, 11) is 0. The summed E-state index contributed by atoms with van der Waals surface area (Å²) >= 11 is 0. The Morgan fingerprint density at radius 2 is 0.891 bits per heavy atom. The second-order valence-corrected chi connectivity index (χ2v) is 14.3. The van der Waals surface area contributed by atoms with Crippen LogP contribution in [0, 0.1) is 11.3 Å². The number of para-hydroxylation sites is 1. The highest BCUT2D eigenvalue weighted by Crippen LogP contribution is 2.40. The van der Waals surface area contributed by atoms with Crippen LogP contribution in [0.4, 0.5) is 0 Å². The maximum Gasteiger partial charge on any atom is 0.0992 e. The summed E-state index contributed by atoms with van der Waals surface area (Å²) in [6.45, 7) is 0. The van der Waals surface area contributed by atoms with E-state index < -0.39 is 0 Å². The number of nitrogens with zero attached hydrogens (tertiary/aromatic N) is 3. The van der Waals surface area contributed by atoms with Crippen LogP contribution < -0.4 is 0 Å². The van der Waals surface area contributed by atoms with Gasteiger partial charge >= 0.3 is 0 Å². The quantitative estimate of drug-likeness (QED) is 0.168. The summed E-state index contributed by atoms with van der Waals surface area (Å²) in [6, 6.07) is 69.2. The van der Waals surface area contributed by atoms with Crippen molar-refractivity contribution in [3.63, 3.8) is 0 Å². The SMILES string of the molecule is N#Cc1ccc2c3ccc(-c4ccc(-c5cc6ccc7cc(-c8cccc(-c9ccccc9)n8)cc8ccc(c5)c6c78)cc4)cc3n(-c3ccccc3)c2c1. The van der Waals surface area contributed by atoms with Crippen molar-refractivity contribution in [3.8, 4) is 56.5 Å². The number of pyridine rings is 1. The lowest BCUT2D eigenvalue weighted by Gasteiger charge is -2.15. The molecule has 55 heavy (non-hydrogen) atoms. The number of fused-ring (bicyclic) bond motifs is 3. The summed E-state index contributed by atoms with van der Waals surface area (Å²) in [6.07, 6.45) is 0. The number of hydrogen-bond donors (Lipinski definition) is 0. The van der Waals surface area contributed by atoms with Crippen molar-refractivity contribution < 1.29 is 0 Å². The Morgan fingerprint density at radius 1 is 0.382 bits per heavy atom. The van der Waals surface area contributed by atoms with Gasteiger partial charge in [0.25, 0.3) is 0 Å². The smallest absolute Gasteiger partial charge is 0.0992 e. The zero-order valence-corrected chi connectivity index (χ0v) is 29.7. The lowest BCUT2D eigenvalue weighted by atomic mass is 9.89. The van der Waals surface area contributed by atoms with E-state index in [0.29, 0.717) is 5.56 Å². The molecule has 3 nitrogen and oxygen atoms in total. The molecular weight excluding hydrogens is 667 g/mol. The fraction of sp³-hybridized carbons (Fsp3) is 0. The van der Waals surface area contributed by atoms with E-state index in [1.54, 1.807) is 0 Å². The van der Waals surface area contributed by atoms with Crippen molar-refractivity contribution in [2.75, 3.05) is 0 Å². The van der Waals surface area contributed by atoms with Crippen LogP contribution in [-0.2, 0) is 0 Å². The van der Waals surface area contributed by atoms with Gasteiger partial charge < -0.3 is 4.57 Å². The first-order chi connectivity index (χ1) is 27.2. The standard InChI is InChI=1S/C52H31N3/c53-32-33-14-24-45-46-25-23-37(31-50(46)55(49(45)26-33)44-10-5-2-6-11-44)34-15-17-35(18-16-34)42-27-38-19-21-40-29-43(30-41-22-20-39(28-42)51(38)52(40)41)48-13-7-12-47(54-48)36-8-3-1-4-9-36/h1-31H. The Labute approximate surface area is 318 Å². The number of nitriles is 1. The van der Waals surface area contributed by atoms with Crippen LogP contribution in [-0.4, -0.2) is 9.55 Å². The first kappa shape index (κ1) is 31.0. The highest BCUT2D eigenvalue weighted by molar-refractivity contribution is 6.24. The van der Waals surface area contributed by atoms with Gasteiger partial charge in [0, 0.05) is 27.6 Å². The first-order valence-electron chi connectivity index (χ1n) is 18.6. The van der Waals surface area contributed by atoms with Gasteiger partial charge in [-0.2, -0.15) is 5.26 Å². The Hall–Kier alpha value is -7.54. The van der Waals surface area contributed by atoms with Gasteiger partial charge in [-0.05, 0) is 121 Å². The van der Waals surface area contributed by atoms with Gasteiger partial charge in [0.1, 0.15) is 0 Å². The normalized spacial score (nSPS) is 11.6. The second kappa shape index (κ2) is 12.3. The van der Waals surface area contributed by atoms with Gasteiger partial charge in [0.15, 0.2) is 0 Å². The maximum absolute atomic E-state index is 9.67. The van der Waals surface area contributed by atoms with E-state index in [9.17, 15) is 5.26 Å². The number of aromatic nitrogens is 2. The molecule has 11 aromatic rings. The third-order valence-corrected chi connectivity index (χ3v) is 11.1. The molecule has 9 aromatic carbocycles. The third kappa shape index (κ3) is 5.08. The van der Waals surface area contributed by atoms with E-state index in [-0.39, 0.29) is 0 Å². The third-order valence-electron chi connectivity index (χ3n) is 11.1. The summed E-state index contributed by atoms with van der Waals surface area (Å²) in [5.74, 6) is 0. The Balaban J connectivity index is 0.960. The molecule has 0 saturated heterocycles. The molecule has 0 amide bonds. The molecule has 0 bridgehead atoms. The van der Waals surface area contributed by atoms with Crippen LogP contribution in [0.15, 0.2) is 188 Å². The molecule has 2 heterocycles. The molecule has 0 spiro atoms. The number of rotatable bonds is 5. The van der Waals surface area contributed by atoms with Crippen LogP contribution in [0.3, 0.4) is 0 Å². The van der Waals surface area contributed by atoms with Crippen molar-refractivity contribution in [2.45, 2.75) is 0 Å². The molecular formula is C52H31N3. The molecule has 0 N–H and O–H groups in total. The van der Waals surface area contributed by atoms with Crippen molar-refractivity contribution in [3.05, 3.63) is 194 Å². The lowest BCUT2D eigenvalue weighted by Crippen LogP contribution is -1.93. The largest absolute Gasteiger partial charge is 0.309 e. The van der Waals surface area contributed by atoms with Gasteiger partial charge in [-0.3, -0.25) is 0 Å². The van der Waals surface area contributed by atoms with E-state index in [1.807, 2.05) is 24.3 Å². The van der Waals surface area contributed by atoms with Crippen LogP contribution in [0.1, 0.15) is 5.56 Å². The fourth-order valence-corrected chi connectivity index (χ4v) is 8.50. The molecule has 254 valence electrons. The number of hydrogen-bond acceptors (Lipinski definition) is 2. The first-order valence-corrected chi connectivity index (χ1v) is 18.6. The van der Waals surface area contributed by atoms with Crippen LogP contribution in [0.2, 0.25) is 0 Å². The molecule has 0 aliphatic carbocycles. The highest BCUT2D eigenvalue weighted by Gasteiger charge is 2.16. The topological polar surface area (TPSA) is 41.6 Å². The summed E-state index contributed by atoms with van der Waals surface area (Å²) < 4.78 is 2.27.